The Labute approximate surface area is 120 Å². The number of hydrogen-bond donors (Lipinski definition) is 1. The van der Waals surface area contributed by atoms with E-state index >= 15 is 0 Å². The maximum Gasteiger partial charge on any atom is 0.191 e. The number of benzene rings is 1. The third kappa shape index (κ3) is 6.35. The number of nitrogens with zero attached hydrogens (tertiary/aromatic N) is 2. The average Bonchev–Trinajstić information content (AvgIpc) is 2.30. The Hall–Kier alpha value is -0.980. The second kappa shape index (κ2) is 9.09. The van der Waals surface area contributed by atoms with Crippen LogP contribution < -0.4 is 10.5 Å². The zero-order valence-electron chi connectivity index (χ0n) is 10.3. The lowest BCUT2D eigenvalue weighted by molar-refractivity contribution is 0.283. The highest BCUT2D eigenvalue weighted by Gasteiger charge is 2.00. The van der Waals surface area contributed by atoms with Gasteiger partial charge in [-0.05, 0) is 19.1 Å². The molecular formula is C12H20IN3O. The van der Waals surface area contributed by atoms with Gasteiger partial charge in [0, 0.05) is 13.6 Å². The van der Waals surface area contributed by atoms with E-state index in [0.29, 0.717) is 19.1 Å². The van der Waals surface area contributed by atoms with Crippen molar-refractivity contribution < 1.29 is 4.74 Å². The van der Waals surface area contributed by atoms with Gasteiger partial charge in [-0.25, -0.2) is 0 Å². The zero-order valence-corrected chi connectivity index (χ0v) is 12.6. The van der Waals surface area contributed by atoms with Crippen LogP contribution in [0.1, 0.15) is 6.92 Å². The van der Waals surface area contributed by atoms with Crippen LogP contribution in [0.5, 0.6) is 5.75 Å². The van der Waals surface area contributed by atoms with Crippen molar-refractivity contribution in [3.05, 3.63) is 30.3 Å². The number of hydrogen-bond acceptors (Lipinski definition) is 2. The standard InChI is InChI=1S/C12H19N3O.HI/c1-3-14-12(13)15(2)9-10-16-11-7-5-4-6-8-11;/h4-8H,3,9-10H2,1-2H3,(H2,13,14);1H. The second-order valence-corrected chi connectivity index (χ2v) is 3.42. The lowest BCUT2D eigenvalue weighted by atomic mass is 10.3. The molecule has 4 nitrogen and oxygen atoms in total. The van der Waals surface area contributed by atoms with Crippen molar-refractivity contribution in [1.29, 1.82) is 0 Å². The summed E-state index contributed by atoms with van der Waals surface area (Å²) >= 11 is 0. The molecule has 0 aliphatic heterocycles. The van der Waals surface area contributed by atoms with E-state index in [2.05, 4.69) is 4.99 Å². The molecule has 0 bridgehead atoms. The van der Waals surface area contributed by atoms with Crippen LogP contribution in [0.3, 0.4) is 0 Å². The van der Waals surface area contributed by atoms with Crippen LogP contribution in [-0.2, 0) is 0 Å². The minimum atomic E-state index is 0. The van der Waals surface area contributed by atoms with Crippen LogP contribution in [0, 0.1) is 0 Å². The summed E-state index contributed by atoms with van der Waals surface area (Å²) in [5.41, 5.74) is 5.73. The van der Waals surface area contributed by atoms with Crippen LogP contribution in [0.25, 0.3) is 0 Å². The predicted octanol–water partition coefficient (Wildman–Crippen LogP) is 1.95. The van der Waals surface area contributed by atoms with E-state index in [-0.39, 0.29) is 24.0 Å². The molecule has 0 spiro atoms. The molecular weight excluding hydrogens is 329 g/mol. The molecule has 0 radical (unpaired) electrons. The van der Waals surface area contributed by atoms with E-state index in [0.717, 1.165) is 12.3 Å². The highest BCUT2D eigenvalue weighted by Crippen LogP contribution is 2.07. The van der Waals surface area contributed by atoms with Gasteiger partial charge in [-0.1, -0.05) is 18.2 Å². The van der Waals surface area contributed by atoms with Gasteiger partial charge in [0.25, 0.3) is 0 Å². The van der Waals surface area contributed by atoms with Crippen molar-refractivity contribution in [3.63, 3.8) is 0 Å². The third-order valence-corrected chi connectivity index (χ3v) is 2.15. The second-order valence-electron chi connectivity index (χ2n) is 3.42. The number of nitrogens with two attached hydrogens (primary N) is 1. The molecule has 0 aliphatic rings. The molecule has 0 fully saturated rings. The normalized spacial score (nSPS) is 10.6. The summed E-state index contributed by atoms with van der Waals surface area (Å²) in [7, 11) is 1.91. The summed E-state index contributed by atoms with van der Waals surface area (Å²) < 4.78 is 5.55. The van der Waals surface area contributed by atoms with Crippen LogP contribution in [0.15, 0.2) is 35.3 Å². The molecule has 0 aromatic heterocycles. The molecule has 1 rings (SSSR count). The summed E-state index contributed by atoms with van der Waals surface area (Å²) in [6.07, 6.45) is 0. The fraction of sp³-hybridized carbons (Fsp3) is 0.417. The van der Waals surface area contributed by atoms with Crippen molar-refractivity contribution in [3.8, 4) is 5.75 Å². The summed E-state index contributed by atoms with van der Waals surface area (Å²) in [5, 5.41) is 0. The van der Waals surface area contributed by atoms with Crippen molar-refractivity contribution in [2.24, 2.45) is 10.7 Å². The van der Waals surface area contributed by atoms with Gasteiger partial charge >= 0.3 is 0 Å². The number of aliphatic imine (C=N–C) groups is 1. The lowest BCUT2D eigenvalue weighted by Gasteiger charge is -2.18. The molecule has 0 saturated carbocycles. The van der Waals surface area contributed by atoms with E-state index in [9.17, 15) is 0 Å². The molecule has 0 unspecified atom stereocenters. The van der Waals surface area contributed by atoms with E-state index in [1.54, 1.807) is 0 Å². The molecule has 0 heterocycles. The first-order valence-corrected chi connectivity index (χ1v) is 5.43. The predicted molar refractivity (Wildman–Crippen MR) is 82.1 cm³/mol. The van der Waals surface area contributed by atoms with Crippen LogP contribution in [0.2, 0.25) is 0 Å². The molecule has 17 heavy (non-hydrogen) atoms. The van der Waals surface area contributed by atoms with Gasteiger partial charge < -0.3 is 15.4 Å². The molecule has 0 aliphatic carbocycles. The molecule has 2 N–H and O–H groups in total. The first kappa shape index (κ1) is 16.0. The van der Waals surface area contributed by atoms with Crippen molar-refractivity contribution >= 4 is 29.9 Å². The van der Waals surface area contributed by atoms with Gasteiger partial charge in [-0.15, -0.1) is 24.0 Å². The largest absolute Gasteiger partial charge is 0.492 e. The summed E-state index contributed by atoms with van der Waals surface area (Å²) in [6, 6.07) is 9.73. The zero-order chi connectivity index (χ0) is 11.8. The van der Waals surface area contributed by atoms with Crippen LogP contribution >= 0.6 is 24.0 Å². The Kier molecular flexibility index (Phi) is 8.57. The third-order valence-electron chi connectivity index (χ3n) is 2.15. The quantitative estimate of drug-likeness (QED) is 0.502. The highest BCUT2D eigenvalue weighted by atomic mass is 127. The van der Waals surface area contributed by atoms with E-state index in [1.165, 1.54) is 0 Å². The summed E-state index contributed by atoms with van der Waals surface area (Å²) in [6.45, 7) is 3.99. The number of guanidine groups is 1. The fourth-order valence-corrected chi connectivity index (χ4v) is 1.21. The number of rotatable bonds is 5. The van der Waals surface area contributed by atoms with Crippen molar-refractivity contribution in [1.82, 2.24) is 4.90 Å². The molecule has 1 aromatic rings. The fourth-order valence-electron chi connectivity index (χ4n) is 1.21. The maximum absolute atomic E-state index is 5.73. The lowest BCUT2D eigenvalue weighted by Crippen LogP contribution is -2.36. The van der Waals surface area contributed by atoms with Crippen LogP contribution in [-0.4, -0.2) is 37.6 Å². The molecule has 5 heteroatoms. The Balaban J connectivity index is 0.00000256. The minimum absolute atomic E-state index is 0. The molecule has 1 aromatic carbocycles. The molecule has 96 valence electrons. The summed E-state index contributed by atoms with van der Waals surface area (Å²) in [4.78, 5) is 6.00. The maximum atomic E-state index is 5.73. The minimum Gasteiger partial charge on any atom is -0.492 e. The Morgan fingerprint density at radius 2 is 2.00 bits per heavy atom. The van der Waals surface area contributed by atoms with Crippen LogP contribution in [0.4, 0.5) is 0 Å². The molecule has 0 atom stereocenters. The van der Waals surface area contributed by atoms with Gasteiger partial charge in [0.15, 0.2) is 5.96 Å². The topological polar surface area (TPSA) is 50.8 Å². The highest BCUT2D eigenvalue weighted by molar-refractivity contribution is 14.0. The van der Waals surface area contributed by atoms with Gasteiger partial charge in [-0.2, -0.15) is 0 Å². The van der Waals surface area contributed by atoms with Crippen molar-refractivity contribution in [2.45, 2.75) is 6.92 Å². The van der Waals surface area contributed by atoms with E-state index < -0.39 is 0 Å². The van der Waals surface area contributed by atoms with Gasteiger partial charge in [0.2, 0.25) is 0 Å². The Bertz CT molecular complexity index is 330. The average molecular weight is 349 g/mol. The van der Waals surface area contributed by atoms with Gasteiger partial charge in [0.1, 0.15) is 12.4 Å². The van der Waals surface area contributed by atoms with E-state index in [1.807, 2.05) is 49.2 Å². The first-order chi connectivity index (χ1) is 7.74. The van der Waals surface area contributed by atoms with Gasteiger partial charge in [0.05, 0.1) is 6.54 Å². The Morgan fingerprint density at radius 1 is 1.35 bits per heavy atom. The number of halogens is 1. The number of para-hydroxylation sites is 1. The van der Waals surface area contributed by atoms with E-state index in [4.69, 9.17) is 10.5 Å². The van der Waals surface area contributed by atoms with Gasteiger partial charge in [-0.3, -0.25) is 4.99 Å². The molecule has 0 amide bonds. The van der Waals surface area contributed by atoms with Crippen molar-refractivity contribution in [2.75, 3.05) is 26.7 Å². The first-order valence-electron chi connectivity index (χ1n) is 5.43. The summed E-state index contributed by atoms with van der Waals surface area (Å²) in [5.74, 6) is 1.43. The Morgan fingerprint density at radius 3 is 2.59 bits per heavy atom. The molecule has 0 saturated heterocycles. The number of likely N-dealkylation sites (N-methyl/N-ethyl adjacent to an activating group) is 1. The number of ether oxygens (including phenoxy) is 1. The monoisotopic (exact) mass is 349 g/mol. The SMILES string of the molecule is CCN=C(N)N(C)CCOc1ccccc1.I. The smallest absolute Gasteiger partial charge is 0.191 e.